The number of Topliss-reactive ketones (excluding diaryl/α,β-unsaturated/α-hetero) is 1. The zero-order chi connectivity index (χ0) is 28.4. The number of amides is 1. The molecule has 40 heavy (non-hydrogen) atoms. The van der Waals surface area contributed by atoms with Gasteiger partial charge < -0.3 is 14.6 Å². The molecule has 1 aliphatic heterocycles. The molecule has 1 amide bonds. The van der Waals surface area contributed by atoms with Gasteiger partial charge in [0.1, 0.15) is 11.6 Å². The summed E-state index contributed by atoms with van der Waals surface area (Å²) in [4.78, 5) is 32.8. The Balaban J connectivity index is 1.65. The van der Waals surface area contributed by atoms with Gasteiger partial charge in [0.05, 0.1) is 35.5 Å². The summed E-state index contributed by atoms with van der Waals surface area (Å²) in [5, 5.41) is 11.6. The van der Waals surface area contributed by atoms with Gasteiger partial charge in [-0.15, -0.1) is 0 Å². The molecule has 0 radical (unpaired) electrons. The van der Waals surface area contributed by atoms with Crippen LogP contribution in [0.3, 0.4) is 0 Å². The number of thiazole rings is 1. The summed E-state index contributed by atoms with van der Waals surface area (Å²) in [6.45, 7) is 4.55. The molecule has 4 aromatic rings. The van der Waals surface area contributed by atoms with Gasteiger partial charge in [-0.25, -0.2) is 9.37 Å². The van der Waals surface area contributed by atoms with Crippen molar-refractivity contribution in [2.45, 2.75) is 39.2 Å². The largest absolute Gasteiger partial charge is 0.507 e. The lowest BCUT2D eigenvalue weighted by Crippen LogP contribution is -2.29. The Morgan fingerprint density at radius 1 is 1.05 bits per heavy atom. The number of methoxy groups -OCH3 is 1. The second-order valence-corrected chi connectivity index (χ2v) is 10.6. The van der Waals surface area contributed by atoms with Gasteiger partial charge in [0.25, 0.3) is 5.78 Å². The Bertz CT molecular complexity index is 1610. The lowest BCUT2D eigenvalue weighted by atomic mass is 9.95. The Morgan fingerprint density at radius 3 is 2.55 bits per heavy atom. The van der Waals surface area contributed by atoms with E-state index in [1.165, 1.54) is 30.2 Å². The summed E-state index contributed by atoms with van der Waals surface area (Å²) in [7, 11) is 1.52. The summed E-state index contributed by atoms with van der Waals surface area (Å²) in [6, 6.07) is 15.4. The molecule has 3 aromatic carbocycles. The summed E-state index contributed by atoms with van der Waals surface area (Å²) in [6.07, 6.45) is 3.01. The highest BCUT2D eigenvalue weighted by Crippen LogP contribution is 2.46. The normalized spacial score (nSPS) is 16.6. The third-order valence-corrected chi connectivity index (χ3v) is 7.84. The van der Waals surface area contributed by atoms with Crippen LogP contribution in [0, 0.1) is 12.7 Å². The van der Waals surface area contributed by atoms with E-state index in [1.54, 1.807) is 30.3 Å². The van der Waals surface area contributed by atoms with E-state index in [4.69, 9.17) is 9.47 Å². The Morgan fingerprint density at radius 2 is 1.82 bits per heavy atom. The fraction of sp³-hybridized carbons (Fsp3) is 0.258. The summed E-state index contributed by atoms with van der Waals surface area (Å²) < 4.78 is 26.0. The van der Waals surface area contributed by atoms with Crippen LogP contribution in [0.15, 0.2) is 66.2 Å². The van der Waals surface area contributed by atoms with Crippen LogP contribution in [0.4, 0.5) is 9.52 Å². The van der Waals surface area contributed by atoms with Crippen LogP contribution in [0.2, 0.25) is 0 Å². The SMILES string of the molecule is CCCCCOc1ccc(C2/C(=C(\O)c3ccc(C)cc3)C(=O)C(=O)N2c2nc3ccc(F)cc3s2)cc1OC. The predicted molar refractivity (Wildman–Crippen MR) is 154 cm³/mol. The number of unbranched alkanes of at least 4 members (excludes halogenated alkanes) is 2. The molecule has 1 N–H and O–H groups in total. The van der Waals surface area contributed by atoms with E-state index in [-0.39, 0.29) is 16.5 Å². The summed E-state index contributed by atoms with van der Waals surface area (Å²) in [5.74, 6) is -1.43. The molecule has 2 heterocycles. The van der Waals surface area contributed by atoms with Crippen LogP contribution in [0.5, 0.6) is 11.5 Å². The van der Waals surface area contributed by atoms with Crippen molar-refractivity contribution in [2.24, 2.45) is 0 Å². The molecule has 1 atom stereocenters. The third kappa shape index (κ3) is 5.16. The van der Waals surface area contributed by atoms with Gasteiger partial charge in [0.15, 0.2) is 16.6 Å². The van der Waals surface area contributed by atoms with Crippen molar-refractivity contribution >= 4 is 44.1 Å². The van der Waals surface area contributed by atoms with Crippen molar-refractivity contribution in [3.05, 3.63) is 88.7 Å². The van der Waals surface area contributed by atoms with Gasteiger partial charge >= 0.3 is 5.91 Å². The number of carbonyl (C=O) groups excluding carboxylic acids is 2. The topological polar surface area (TPSA) is 89.0 Å². The Hall–Kier alpha value is -4.24. The number of hydrogen-bond donors (Lipinski definition) is 1. The molecule has 5 rings (SSSR count). The molecule has 0 aliphatic carbocycles. The number of aryl methyl sites for hydroxylation is 1. The first-order valence-corrected chi connectivity index (χ1v) is 13.9. The van der Waals surface area contributed by atoms with E-state index in [9.17, 15) is 19.1 Å². The van der Waals surface area contributed by atoms with Crippen molar-refractivity contribution in [3.8, 4) is 11.5 Å². The van der Waals surface area contributed by atoms with Gasteiger partial charge in [-0.2, -0.15) is 0 Å². The van der Waals surface area contributed by atoms with Crippen LogP contribution in [-0.2, 0) is 9.59 Å². The number of hydrogen-bond acceptors (Lipinski definition) is 7. The molecule has 1 fully saturated rings. The van der Waals surface area contributed by atoms with Crippen molar-refractivity contribution in [2.75, 3.05) is 18.6 Å². The van der Waals surface area contributed by atoms with E-state index in [0.717, 1.165) is 36.2 Å². The minimum Gasteiger partial charge on any atom is -0.507 e. The molecule has 1 unspecified atom stereocenters. The van der Waals surface area contributed by atoms with Crippen LogP contribution in [-0.4, -0.2) is 35.5 Å². The lowest BCUT2D eigenvalue weighted by molar-refractivity contribution is -0.132. The van der Waals surface area contributed by atoms with Crippen molar-refractivity contribution in [1.29, 1.82) is 0 Å². The van der Waals surface area contributed by atoms with Crippen molar-refractivity contribution < 1.29 is 28.6 Å². The number of fused-ring (bicyclic) bond motifs is 1. The van der Waals surface area contributed by atoms with Crippen LogP contribution >= 0.6 is 11.3 Å². The van der Waals surface area contributed by atoms with E-state index >= 15 is 0 Å². The minimum absolute atomic E-state index is 0.0713. The number of halogens is 1. The highest BCUT2D eigenvalue weighted by Gasteiger charge is 2.48. The Kier molecular flexibility index (Phi) is 7.84. The average molecular weight is 561 g/mol. The number of rotatable bonds is 9. The van der Waals surface area contributed by atoms with E-state index in [0.29, 0.717) is 39.4 Å². The number of ketones is 1. The molecule has 1 saturated heterocycles. The lowest BCUT2D eigenvalue weighted by Gasteiger charge is -2.24. The molecule has 0 spiro atoms. The number of aliphatic hydroxyl groups is 1. The number of carbonyl (C=O) groups is 2. The number of ether oxygens (including phenoxy) is 2. The fourth-order valence-corrected chi connectivity index (χ4v) is 5.73. The van der Waals surface area contributed by atoms with Crippen LogP contribution in [0.25, 0.3) is 16.0 Å². The predicted octanol–water partition coefficient (Wildman–Crippen LogP) is 6.95. The van der Waals surface area contributed by atoms with E-state index < -0.39 is 23.5 Å². The average Bonchev–Trinajstić information content (AvgIpc) is 3.48. The van der Waals surface area contributed by atoms with Gasteiger partial charge in [0, 0.05) is 5.56 Å². The number of nitrogens with zero attached hydrogens (tertiary/aromatic N) is 2. The van der Waals surface area contributed by atoms with Crippen molar-refractivity contribution in [1.82, 2.24) is 4.98 Å². The van der Waals surface area contributed by atoms with Crippen molar-refractivity contribution in [3.63, 3.8) is 0 Å². The summed E-state index contributed by atoms with van der Waals surface area (Å²) >= 11 is 1.09. The second-order valence-electron chi connectivity index (χ2n) is 9.61. The smallest absolute Gasteiger partial charge is 0.301 e. The molecule has 0 bridgehead atoms. The monoisotopic (exact) mass is 560 g/mol. The maximum absolute atomic E-state index is 13.9. The third-order valence-electron chi connectivity index (χ3n) is 6.82. The Labute approximate surface area is 235 Å². The number of aliphatic hydroxyl groups excluding tert-OH is 1. The number of benzene rings is 3. The first kappa shape index (κ1) is 27.3. The zero-order valence-electron chi connectivity index (χ0n) is 22.4. The van der Waals surface area contributed by atoms with Gasteiger partial charge in [0.2, 0.25) is 0 Å². The molecule has 206 valence electrons. The quantitative estimate of drug-likeness (QED) is 0.103. The maximum atomic E-state index is 13.9. The van der Waals surface area contributed by atoms with E-state index in [2.05, 4.69) is 11.9 Å². The number of anilines is 1. The molecule has 1 aromatic heterocycles. The second kappa shape index (κ2) is 11.5. The fourth-order valence-electron chi connectivity index (χ4n) is 4.71. The van der Waals surface area contributed by atoms with Crippen LogP contribution in [0.1, 0.15) is 48.9 Å². The first-order chi connectivity index (χ1) is 19.3. The van der Waals surface area contributed by atoms with Crippen LogP contribution < -0.4 is 14.4 Å². The molecule has 7 nitrogen and oxygen atoms in total. The molecule has 1 aliphatic rings. The van der Waals surface area contributed by atoms with E-state index in [1.807, 2.05) is 19.1 Å². The minimum atomic E-state index is -1.00. The van der Waals surface area contributed by atoms with Gasteiger partial charge in [-0.3, -0.25) is 14.5 Å². The molecule has 9 heteroatoms. The molecule has 0 saturated carbocycles. The highest BCUT2D eigenvalue weighted by molar-refractivity contribution is 7.22. The first-order valence-electron chi connectivity index (χ1n) is 13.1. The molecular formula is C31H29FN2O5S. The van der Waals surface area contributed by atoms with Gasteiger partial charge in [-0.1, -0.05) is 67.0 Å². The van der Waals surface area contributed by atoms with Gasteiger partial charge in [-0.05, 0) is 49.2 Å². The molecular weight excluding hydrogens is 531 g/mol. The summed E-state index contributed by atoms with van der Waals surface area (Å²) in [5.41, 5.74) is 2.33. The standard InChI is InChI=1S/C31H29FN2O5S/c1-4-5-6-15-39-23-14-11-20(16-24(23)38-3)27-26(28(35)19-9-7-18(2)8-10-19)29(36)30(37)34(27)31-33-22-13-12-21(32)17-25(22)40-31/h7-14,16-17,27,35H,4-6,15H2,1-3H3/b28-26+. The maximum Gasteiger partial charge on any atom is 0.301 e. The highest BCUT2D eigenvalue weighted by atomic mass is 32.1. The zero-order valence-corrected chi connectivity index (χ0v) is 23.3. The number of aromatic nitrogens is 1.